The number of aryl methyl sites for hydroxylation is 1. The largest absolute Gasteiger partial charge is 0.326 e. The number of aromatic amines is 1. The van der Waals surface area contributed by atoms with Crippen LogP contribution in [0.5, 0.6) is 0 Å². The molecule has 1 aliphatic rings. The van der Waals surface area contributed by atoms with E-state index in [9.17, 15) is 4.79 Å². The molecule has 0 amide bonds. The van der Waals surface area contributed by atoms with Gasteiger partial charge in [-0.1, -0.05) is 18.6 Å². The standard InChI is InChI=1S/C23H33N7O/c1-6-9-28-10-12-29(13-11-28)20(21-25-26-27-30(21)23(3,4)5)18-15-17-14-16(2)7-8-19(17)24-22(18)31/h7-8,14-15,20H,6,9-13H2,1-5H3,(H,24,31)/p+2/t20-/m0/s1. The van der Waals surface area contributed by atoms with Gasteiger partial charge in [-0.25, -0.2) is 4.68 Å². The maximum atomic E-state index is 13.3. The van der Waals surface area contributed by atoms with Crippen LogP contribution in [0, 0.1) is 6.92 Å². The lowest BCUT2D eigenvalue weighted by Gasteiger charge is -2.34. The van der Waals surface area contributed by atoms with Crippen molar-refractivity contribution in [2.75, 3.05) is 32.7 Å². The van der Waals surface area contributed by atoms with Crippen LogP contribution in [0.1, 0.15) is 57.1 Å². The molecule has 1 aromatic carbocycles. The molecular formula is C23H35N7O+2. The van der Waals surface area contributed by atoms with Gasteiger partial charge in [-0.05, 0) is 68.1 Å². The molecule has 0 saturated carbocycles. The van der Waals surface area contributed by atoms with Gasteiger partial charge in [-0.2, -0.15) is 0 Å². The molecule has 0 aliphatic carbocycles. The zero-order valence-electron chi connectivity index (χ0n) is 19.3. The van der Waals surface area contributed by atoms with Crippen LogP contribution in [0.4, 0.5) is 0 Å². The summed E-state index contributed by atoms with van der Waals surface area (Å²) in [6.45, 7) is 16.0. The van der Waals surface area contributed by atoms with Crippen molar-refractivity contribution in [3.8, 4) is 0 Å². The Hall–Kier alpha value is -2.58. The number of nitrogens with zero attached hydrogens (tertiary/aromatic N) is 4. The molecule has 3 N–H and O–H groups in total. The molecule has 0 spiro atoms. The molecule has 31 heavy (non-hydrogen) atoms. The van der Waals surface area contributed by atoms with Crippen molar-refractivity contribution in [3.63, 3.8) is 0 Å². The molecule has 166 valence electrons. The summed E-state index contributed by atoms with van der Waals surface area (Å²) in [5.74, 6) is 0.763. The Balaban J connectivity index is 1.82. The highest BCUT2D eigenvalue weighted by molar-refractivity contribution is 5.79. The van der Waals surface area contributed by atoms with Crippen LogP contribution in [0.25, 0.3) is 10.9 Å². The molecule has 1 fully saturated rings. The Morgan fingerprint density at radius 3 is 2.58 bits per heavy atom. The van der Waals surface area contributed by atoms with Crippen molar-refractivity contribution in [3.05, 3.63) is 51.6 Å². The minimum absolute atomic E-state index is 0.0550. The third-order valence-electron chi connectivity index (χ3n) is 6.34. The third-order valence-corrected chi connectivity index (χ3v) is 6.34. The highest BCUT2D eigenvalue weighted by Crippen LogP contribution is 2.22. The minimum atomic E-state index is -0.272. The van der Waals surface area contributed by atoms with E-state index in [-0.39, 0.29) is 17.1 Å². The summed E-state index contributed by atoms with van der Waals surface area (Å²) in [6.07, 6.45) is 1.19. The lowest BCUT2D eigenvalue weighted by molar-refractivity contribution is -1.02. The molecule has 1 aliphatic heterocycles. The number of hydrogen-bond donors (Lipinski definition) is 3. The van der Waals surface area contributed by atoms with Crippen molar-refractivity contribution >= 4 is 10.9 Å². The summed E-state index contributed by atoms with van der Waals surface area (Å²) in [5, 5.41) is 13.8. The zero-order chi connectivity index (χ0) is 22.2. The highest BCUT2D eigenvalue weighted by Gasteiger charge is 2.38. The normalized spacial score (nSPS) is 20.8. The average Bonchev–Trinajstić information content (AvgIpc) is 3.20. The van der Waals surface area contributed by atoms with Gasteiger partial charge in [0.1, 0.15) is 26.2 Å². The van der Waals surface area contributed by atoms with E-state index < -0.39 is 0 Å². The summed E-state index contributed by atoms with van der Waals surface area (Å²) < 4.78 is 1.88. The lowest BCUT2D eigenvalue weighted by Crippen LogP contribution is -3.28. The van der Waals surface area contributed by atoms with Crippen LogP contribution in [0.3, 0.4) is 0 Å². The fourth-order valence-electron chi connectivity index (χ4n) is 4.77. The van der Waals surface area contributed by atoms with Gasteiger partial charge in [0, 0.05) is 5.52 Å². The van der Waals surface area contributed by atoms with Gasteiger partial charge in [0.25, 0.3) is 5.56 Å². The van der Waals surface area contributed by atoms with E-state index in [0.29, 0.717) is 0 Å². The number of piperazine rings is 1. The van der Waals surface area contributed by atoms with Gasteiger partial charge in [0.05, 0.1) is 17.6 Å². The second-order valence-corrected chi connectivity index (χ2v) is 9.86. The molecule has 0 unspecified atom stereocenters. The molecule has 1 atom stereocenters. The van der Waals surface area contributed by atoms with Crippen molar-refractivity contribution in [2.24, 2.45) is 0 Å². The van der Waals surface area contributed by atoms with E-state index in [4.69, 9.17) is 0 Å². The summed E-state index contributed by atoms with van der Waals surface area (Å²) in [4.78, 5) is 19.4. The Labute approximate surface area is 183 Å². The second-order valence-electron chi connectivity index (χ2n) is 9.86. The third kappa shape index (κ3) is 4.41. The summed E-state index contributed by atoms with van der Waals surface area (Å²) in [5.41, 5.74) is 2.45. The average molecular weight is 426 g/mol. The van der Waals surface area contributed by atoms with Crippen molar-refractivity contribution in [2.45, 2.75) is 52.6 Å². The maximum Gasteiger partial charge on any atom is 0.258 e. The predicted molar refractivity (Wildman–Crippen MR) is 121 cm³/mol. The number of nitrogens with one attached hydrogen (secondary N) is 3. The molecule has 8 heteroatoms. The SMILES string of the molecule is CCC[NH+]1CC[NH+]([C@@H](c2cc3cc(C)ccc3[nH]c2=O)c2nnnn2C(C)(C)C)CC1. The monoisotopic (exact) mass is 425 g/mol. The van der Waals surface area contributed by atoms with Crippen LogP contribution in [-0.2, 0) is 5.54 Å². The number of fused-ring (bicyclic) bond motifs is 1. The summed E-state index contributed by atoms with van der Waals surface area (Å²) >= 11 is 0. The number of tetrazole rings is 1. The van der Waals surface area contributed by atoms with E-state index in [1.807, 2.05) is 22.9 Å². The van der Waals surface area contributed by atoms with Crippen LogP contribution in [0.15, 0.2) is 29.1 Å². The van der Waals surface area contributed by atoms with Crippen molar-refractivity contribution in [1.82, 2.24) is 25.2 Å². The Bertz CT molecular complexity index is 1100. The maximum absolute atomic E-state index is 13.3. The van der Waals surface area contributed by atoms with Crippen molar-refractivity contribution < 1.29 is 9.80 Å². The summed E-state index contributed by atoms with van der Waals surface area (Å²) in [6, 6.07) is 7.97. The Morgan fingerprint density at radius 2 is 1.90 bits per heavy atom. The van der Waals surface area contributed by atoms with Gasteiger partial charge in [-0.15, -0.1) is 5.10 Å². The van der Waals surface area contributed by atoms with E-state index in [0.717, 1.165) is 48.5 Å². The number of quaternary nitrogens is 2. The van der Waals surface area contributed by atoms with E-state index in [1.165, 1.54) is 23.4 Å². The first-order valence-electron chi connectivity index (χ1n) is 11.4. The van der Waals surface area contributed by atoms with Gasteiger partial charge in [0.2, 0.25) is 5.82 Å². The lowest BCUT2D eigenvalue weighted by atomic mass is 10.0. The zero-order valence-corrected chi connectivity index (χ0v) is 19.3. The molecular weight excluding hydrogens is 390 g/mol. The van der Waals surface area contributed by atoms with Crippen LogP contribution in [0.2, 0.25) is 0 Å². The minimum Gasteiger partial charge on any atom is -0.326 e. The first kappa shape index (κ1) is 21.6. The van der Waals surface area contributed by atoms with Crippen molar-refractivity contribution in [1.29, 1.82) is 0 Å². The van der Waals surface area contributed by atoms with Gasteiger partial charge in [-0.3, -0.25) is 4.79 Å². The van der Waals surface area contributed by atoms with Crippen LogP contribution < -0.4 is 15.4 Å². The predicted octanol–water partition coefficient (Wildman–Crippen LogP) is -0.139. The summed E-state index contributed by atoms with van der Waals surface area (Å²) in [7, 11) is 0. The number of H-pyrrole nitrogens is 1. The molecule has 0 bridgehead atoms. The van der Waals surface area contributed by atoms with E-state index in [2.05, 4.69) is 61.2 Å². The van der Waals surface area contributed by atoms with Crippen LogP contribution >= 0.6 is 0 Å². The number of hydrogen-bond acceptors (Lipinski definition) is 4. The molecule has 8 nitrogen and oxygen atoms in total. The van der Waals surface area contributed by atoms with E-state index >= 15 is 0 Å². The number of rotatable bonds is 5. The Morgan fingerprint density at radius 1 is 1.16 bits per heavy atom. The van der Waals surface area contributed by atoms with E-state index in [1.54, 1.807) is 4.90 Å². The molecule has 3 aromatic rings. The smallest absolute Gasteiger partial charge is 0.258 e. The fraction of sp³-hybridized carbons (Fsp3) is 0.565. The number of benzene rings is 1. The highest BCUT2D eigenvalue weighted by atomic mass is 16.1. The number of aromatic nitrogens is 5. The van der Waals surface area contributed by atoms with Crippen LogP contribution in [-0.4, -0.2) is 57.9 Å². The first-order chi connectivity index (χ1) is 14.8. The molecule has 4 rings (SSSR count). The molecule has 3 heterocycles. The Kier molecular flexibility index (Phi) is 5.94. The fourth-order valence-corrected chi connectivity index (χ4v) is 4.77. The van der Waals surface area contributed by atoms with Gasteiger partial charge in [0.15, 0.2) is 6.04 Å². The second kappa shape index (κ2) is 8.51. The molecule has 0 radical (unpaired) electrons. The molecule has 1 saturated heterocycles. The molecule has 2 aromatic heterocycles. The van der Waals surface area contributed by atoms with Gasteiger partial charge >= 0.3 is 0 Å². The van der Waals surface area contributed by atoms with Gasteiger partial charge < -0.3 is 14.8 Å². The first-order valence-corrected chi connectivity index (χ1v) is 11.4. The topological polar surface area (TPSA) is 85.3 Å². The quantitative estimate of drug-likeness (QED) is 0.531. The number of pyridine rings is 1.